The number of sulfone groups is 1. The fraction of sp³-hybridized carbons (Fsp3) is 0.676. The molecule has 1 heterocycles. The van der Waals surface area contributed by atoms with E-state index >= 15 is 0 Å². The molecule has 0 aromatic heterocycles. The number of hydrogen-bond donors (Lipinski definition) is 1. The number of unbranched alkanes of at least 4 members (excludes halogenated alkanes) is 2. The standard InChI is InChI=1S/C37H62N3O5S.HI/c1-8-13-21-37(22-14-9-2)30-46(41,42)35-20-17-32(39(6)7)29-34(35)36(38-37)31-15-18-33(19-16-31)45-28-27-44-26-25-43-24-23-40(10-3,11-4)12-5;/h15-20,29,36,38H,8-14,21-28,30H2,1-7H3;1H/q+1;/p-1. The maximum absolute atomic E-state index is 14.0. The number of quaternary nitrogens is 1. The number of likely N-dealkylation sites (N-methyl/N-ethyl adjacent to an activating group) is 1. The van der Waals surface area contributed by atoms with Crippen molar-refractivity contribution in [2.75, 3.05) is 84.0 Å². The maximum atomic E-state index is 14.0. The van der Waals surface area contributed by atoms with Crippen LogP contribution in [0.2, 0.25) is 0 Å². The molecule has 0 aliphatic carbocycles. The smallest absolute Gasteiger partial charge is 0.180 e. The van der Waals surface area contributed by atoms with Crippen molar-refractivity contribution >= 4 is 15.5 Å². The summed E-state index contributed by atoms with van der Waals surface area (Å²) in [5.74, 6) is 0.885. The van der Waals surface area contributed by atoms with Crippen LogP contribution in [0, 0.1) is 0 Å². The van der Waals surface area contributed by atoms with Gasteiger partial charge >= 0.3 is 0 Å². The largest absolute Gasteiger partial charge is 1.00 e. The molecule has 3 rings (SSSR count). The molecule has 2 aromatic carbocycles. The highest BCUT2D eigenvalue weighted by atomic mass is 127. The Labute approximate surface area is 303 Å². The first-order chi connectivity index (χ1) is 22.1. The van der Waals surface area contributed by atoms with Crippen LogP contribution in [-0.2, 0) is 19.3 Å². The van der Waals surface area contributed by atoms with Crippen molar-refractivity contribution in [3.05, 3.63) is 53.6 Å². The first-order valence-corrected chi connectivity index (χ1v) is 19.3. The summed E-state index contributed by atoms with van der Waals surface area (Å²) < 4.78 is 46.6. The minimum Gasteiger partial charge on any atom is -1.00 e. The zero-order valence-electron chi connectivity index (χ0n) is 30.2. The Balaban J connectivity index is 0.00000768. The van der Waals surface area contributed by atoms with Gasteiger partial charge in [-0.25, -0.2) is 8.42 Å². The van der Waals surface area contributed by atoms with Gasteiger partial charge in [0.05, 0.1) is 62.8 Å². The number of hydrogen-bond acceptors (Lipinski definition) is 7. The van der Waals surface area contributed by atoms with Gasteiger partial charge in [-0.05, 0) is 75.1 Å². The highest BCUT2D eigenvalue weighted by molar-refractivity contribution is 7.91. The number of benzene rings is 2. The van der Waals surface area contributed by atoms with Crippen molar-refractivity contribution in [2.45, 2.75) is 89.6 Å². The first-order valence-electron chi connectivity index (χ1n) is 17.6. The summed E-state index contributed by atoms with van der Waals surface area (Å²) in [5, 5.41) is 3.94. The molecule has 0 spiro atoms. The van der Waals surface area contributed by atoms with Crippen LogP contribution in [0.3, 0.4) is 0 Å². The van der Waals surface area contributed by atoms with Gasteiger partial charge in [-0.1, -0.05) is 51.7 Å². The zero-order valence-corrected chi connectivity index (χ0v) is 33.1. The summed E-state index contributed by atoms with van der Waals surface area (Å²) in [4.78, 5) is 2.46. The van der Waals surface area contributed by atoms with E-state index < -0.39 is 15.4 Å². The topological polar surface area (TPSA) is 77.1 Å². The van der Waals surface area contributed by atoms with Gasteiger partial charge in [0, 0.05) is 25.3 Å². The van der Waals surface area contributed by atoms with Gasteiger partial charge in [-0.3, -0.25) is 5.32 Å². The summed E-state index contributed by atoms with van der Waals surface area (Å²) in [6.07, 6.45) is 5.67. The molecule has 268 valence electrons. The fourth-order valence-electron chi connectivity index (χ4n) is 6.60. The van der Waals surface area contributed by atoms with E-state index in [1.165, 1.54) is 0 Å². The van der Waals surface area contributed by atoms with Crippen molar-refractivity contribution < 1.29 is 51.1 Å². The molecular formula is C37H62IN3O5S. The van der Waals surface area contributed by atoms with E-state index in [0.29, 0.717) is 31.3 Å². The zero-order chi connectivity index (χ0) is 33.6. The first kappa shape index (κ1) is 41.7. The molecule has 1 aliphatic heterocycles. The lowest BCUT2D eigenvalue weighted by molar-refractivity contribution is -0.923. The molecule has 0 saturated carbocycles. The molecule has 1 unspecified atom stereocenters. The van der Waals surface area contributed by atoms with Gasteiger partial charge in [-0.2, -0.15) is 0 Å². The molecule has 0 saturated heterocycles. The molecule has 47 heavy (non-hydrogen) atoms. The second kappa shape index (κ2) is 20.3. The molecule has 0 radical (unpaired) electrons. The van der Waals surface area contributed by atoms with E-state index in [1.807, 2.05) is 43.3 Å². The third kappa shape index (κ3) is 11.8. The molecule has 1 atom stereocenters. The summed E-state index contributed by atoms with van der Waals surface area (Å²) >= 11 is 0. The Hall–Kier alpha value is -1.44. The highest BCUT2D eigenvalue weighted by Crippen LogP contribution is 2.40. The van der Waals surface area contributed by atoms with Crippen molar-refractivity contribution in [3.63, 3.8) is 0 Å². The second-order valence-electron chi connectivity index (χ2n) is 13.1. The third-order valence-corrected chi connectivity index (χ3v) is 11.9. The Morgan fingerprint density at radius 2 is 1.40 bits per heavy atom. The number of fused-ring (bicyclic) bond motifs is 1. The number of nitrogens with one attached hydrogen (secondary N) is 1. The summed E-state index contributed by atoms with van der Waals surface area (Å²) in [6, 6.07) is 13.6. The number of anilines is 1. The Bertz CT molecular complexity index is 1270. The van der Waals surface area contributed by atoms with E-state index in [2.05, 4.69) is 52.1 Å². The van der Waals surface area contributed by atoms with Gasteiger partial charge in [0.1, 0.15) is 18.9 Å². The van der Waals surface area contributed by atoms with E-state index in [9.17, 15) is 8.42 Å². The van der Waals surface area contributed by atoms with Gasteiger partial charge in [0.25, 0.3) is 0 Å². The molecular weight excluding hydrogens is 725 g/mol. The van der Waals surface area contributed by atoms with Crippen LogP contribution < -0.4 is 38.9 Å². The van der Waals surface area contributed by atoms with Gasteiger partial charge in [0.15, 0.2) is 9.84 Å². The maximum Gasteiger partial charge on any atom is 0.180 e. The Morgan fingerprint density at radius 3 is 1.96 bits per heavy atom. The Morgan fingerprint density at radius 1 is 0.830 bits per heavy atom. The lowest BCUT2D eigenvalue weighted by atomic mass is 9.86. The van der Waals surface area contributed by atoms with E-state index in [4.69, 9.17) is 14.2 Å². The van der Waals surface area contributed by atoms with Gasteiger partial charge < -0.3 is 47.6 Å². The quantitative estimate of drug-likeness (QED) is 0.118. The van der Waals surface area contributed by atoms with Crippen LogP contribution in [0.4, 0.5) is 5.69 Å². The third-order valence-electron chi connectivity index (χ3n) is 9.89. The molecule has 0 fully saturated rings. The number of rotatable bonds is 21. The van der Waals surface area contributed by atoms with Crippen molar-refractivity contribution in [3.8, 4) is 5.75 Å². The average Bonchev–Trinajstić information content (AvgIpc) is 3.16. The highest BCUT2D eigenvalue weighted by Gasteiger charge is 2.42. The van der Waals surface area contributed by atoms with E-state index in [1.54, 1.807) is 6.07 Å². The number of ether oxygens (including phenoxy) is 3. The minimum atomic E-state index is -3.50. The van der Waals surface area contributed by atoms with Crippen molar-refractivity contribution in [1.29, 1.82) is 0 Å². The van der Waals surface area contributed by atoms with Gasteiger partial charge in [0.2, 0.25) is 0 Å². The molecule has 1 aliphatic rings. The van der Waals surface area contributed by atoms with E-state index in [-0.39, 0.29) is 35.8 Å². The fourth-order valence-corrected chi connectivity index (χ4v) is 8.66. The average molecular weight is 788 g/mol. The van der Waals surface area contributed by atoms with Crippen LogP contribution in [0.25, 0.3) is 0 Å². The normalized spacial score (nSPS) is 17.0. The van der Waals surface area contributed by atoms with Gasteiger partial charge in [-0.15, -0.1) is 0 Å². The second-order valence-corrected chi connectivity index (χ2v) is 15.1. The molecule has 10 heteroatoms. The van der Waals surface area contributed by atoms with Crippen LogP contribution in [0.1, 0.15) is 90.3 Å². The van der Waals surface area contributed by atoms with Crippen LogP contribution in [0.5, 0.6) is 5.75 Å². The lowest BCUT2D eigenvalue weighted by Gasteiger charge is -2.37. The van der Waals surface area contributed by atoms with Crippen LogP contribution >= 0.6 is 0 Å². The van der Waals surface area contributed by atoms with Crippen LogP contribution in [-0.4, -0.2) is 97.5 Å². The molecule has 0 bridgehead atoms. The van der Waals surface area contributed by atoms with E-state index in [0.717, 1.165) is 98.4 Å². The molecule has 8 nitrogen and oxygen atoms in total. The molecule has 2 aromatic rings. The summed E-state index contributed by atoms with van der Waals surface area (Å²) in [7, 11) is 0.470. The van der Waals surface area contributed by atoms with Crippen molar-refractivity contribution in [2.24, 2.45) is 0 Å². The summed E-state index contributed by atoms with van der Waals surface area (Å²) in [5.41, 5.74) is 2.34. The predicted molar refractivity (Wildman–Crippen MR) is 190 cm³/mol. The molecule has 0 amide bonds. The Kier molecular flexibility index (Phi) is 18.0. The summed E-state index contributed by atoms with van der Waals surface area (Å²) in [6.45, 7) is 18.4. The predicted octanol–water partition coefficient (Wildman–Crippen LogP) is 3.63. The minimum absolute atomic E-state index is 0. The lowest BCUT2D eigenvalue weighted by Crippen LogP contribution is -3.00. The molecule has 1 N–H and O–H groups in total. The monoisotopic (exact) mass is 787 g/mol. The SMILES string of the molecule is CCCCC1(CCCC)CS(=O)(=O)c2ccc(N(C)C)cc2C(c2ccc(OCCOCCOCC[N+](CC)(CC)CC)cc2)N1.[I-]. The number of nitrogens with zero attached hydrogens (tertiary/aromatic N) is 2. The van der Waals surface area contributed by atoms with Crippen molar-refractivity contribution in [1.82, 2.24) is 5.32 Å². The number of halogens is 1. The van der Waals surface area contributed by atoms with Crippen LogP contribution in [0.15, 0.2) is 47.4 Å².